The number of benzene rings is 2. The summed E-state index contributed by atoms with van der Waals surface area (Å²) in [4.78, 5) is 14.6. The van der Waals surface area contributed by atoms with E-state index in [-0.39, 0.29) is 11.4 Å². The summed E-state index contributed by atoms with van der Waals surface area (Å²) in [6.07, 6.45) is 2.78. The monoisotopic (exact) mass is 417 g/mol. The molecule has 1 heterocycles. The van der Waals surface area contributed by atoms with Gasteiger partial charge in [-0.2, -0.15) is 5.10 Å². The topological polar surface area (TPSA) is 44.7 Å². The van der Waals surface area contributed by atoms with Gasteiger partial charge in [-0.3, -0.25) is 4.79 Å². The molecule has 0 aromatic heterocycles. The van der Waals surface area contributed by atoms with Crippen molar-refractivity contribution in [3.8, 4) is 0 Å². The molecule has 0 aliphatic carbocycles. The molecular weight excluding hydrogens is 393 g/mol. The molecule has 0 saturated carbocycles. The highest BCUT2D eigenvalue weighted by Gasteiger charge is 2.34. The summed E-state index contributed by atoms with van der Waals surface area (Å²) >= 11 is 11.9. The van der Waals surface area contributed by atoms with Crippen molar-refractivity contribution < 1.29 is 4.79 Å². The number of rotatable bonds is 3. The molecule has 2 aromatic rings. The molecule has 1 amide bonds. The third-order valence-corrected chi connectivity index (χ3v) is 6.31. The highest BCUT2D eigenvalue weighted by Crippen LogP contribution is 2.43. The predicted molar refractivity (Wildman–Crippen MR) is 118 cm³/mol. The van der Waals surface area contributed by atoms with Gasteiger partial charge in [0.15, 0.2) is 0 Å². The van der Waals surface area contributed by atoms with Crippen LogP contribution in [0.5, 0.6) is 0 Å². The largest absolute Gasteiger partial charge is 0.369 e. The van der Waals surface area contributed by atoms with Crippen LogP contribution >= 0.6 is 23.2 Å². The fourth-order valence-corrected chi connectivity index (χ4v) is 4.03. The van der Waals surface area contributed by atoms with E-state index in [9.17, 15) is 4.79 Å². The number of carbonyl (C=O) groups is 1. The van der Waals surface area contributed by atoms with Gasteiger partial charge >= 0.3 is 0 Å². The molecule has 0 bridgehead atoms. The highest BCUT2D eigenvalue weighted by atomic mass is 35.5. The van der Waals surface area contributed by atoms with Crippen LogP contribution in [0.3, 0.4) is 0 Å². The average Bonchev–Trinajstić information content (AvgIpc) is 2.62. The Bertz CT molecular complexity index is 953. The first-order chi connectivity index (χ1) is 13.1. The van der Waals surface area contributed by atoms with Crippen LogP contribution in [0.1, 0.15) is 60.2 Å². The summed E-state index contributed by atoms with van der Waals surface area (Å²) in [6, 6.07) is 9.11. The SMILES string of the molecule is Cc1cc2c(cc1/C=N/NC(=O)c1ccc(Cl)c(Cl)c1)C(C)CC(C)(C)N2C. The van der Waals surface area contributed by atoms with Crippen LogP contribution in [0.2, 0.25) is 10.0 Å². The van der Waals surface area contributed by atoms with Crippen LogP contribution < -0.4 is 10.3 Å². The second-order valence-corrected chi connectivity index (χ2v) is 8.89. The van der Waals surface area contributed by atoms with Crippen molar-refractivity contribution in [2.24, 2.45) is 5.10 Å². The molecule has 6 heteroatoms. The molecule has 1 atom stereocenters. The zero-order valence-electron chi connectivity index (χ0n) is 16.8. The number of carbonyl (C=O) groups excluding carboxylic acids is 1. The van der Waals surface area contributed by atoms with Gasteiger partial charge in [0.2, 0.25) is 0 Å². The van der Waals surface area contributed by atoms with Crippen LogP contribution in [0.25, 0.3) is 0 Å². The number of anilines is 1. The van der Waals surface area contributed by atoms with Crippen molar-refractivity contribution in [2.45, 2.75) is 45.6 Å². The second kappa shape index (κ2) is 7.76. The number of hydrazone groups is 1. The lowest BCUT2D eigenvalue weighted by molar-refractivity contribution is 0.0955. The molecule has 28 heavy (non-hydrogen) atoms. The Morgan fingerprint density at radius 3 is 2.64 bits per heavy atom. The summed E-state index contributed by atoms with van der Waals surface area (Å²) in [6.45, 7) is 8.86. The lowest BCUT2D eigenvalue weighted by Gasteiger charge is -2.45. The molecular formula is C22H25Cl2N3O. The van der Waals surface area contributed by atoms with Crippen molar-refractivity contribution in [2.75, 3.05) is 11.9 Å². The Hall–Kier alpha value is -2.04. The zero-order valence-corrected chi connectivity index (χ0v) is 18.3. The maximum atomic E-state index is 12.2. The predicted octanol–water partition coefficient (Wildman–Crippen LogP) is 5.79. The minimum absolute atomic E-state index is 0.127. The Labute approximate surface area is 176 Å². The molecule has 1 N–H and O–H groups in total. The van der Waals surface area contributed by atoms with Gasteiger partial charge in [0.25, 0.3) is 5.91 Å². The van der Waals surface area contributed by atoms with E-state index in [2.05, 4.69) is 62.3 Å². The van der Waals surface area contributed by atoms with E-state index in [0.29, 0.717) is 21.5 Å². The van der Waals surface area contributed by atoms with Crippen molar-refractivity contribution in [1.29, 1.82) is 0 Å². The van der Waals surface area contributed by atoms with Crippen molar-refractivity contribution >= 4 is 41.0 Å². The lowest BCUT2D eigenvalue weighted by Crippen LogP contribution is -2.45. The van der Waals surface area contributed by atoms with Crippen LogP contribution in [0, 0.1) is 6.92 Å². The zero-order chi connectivity index (χ0) is 20.6. The van der Waals surface area contributed by atoms with Gasteiger partial charge in [-0.1, -0.05) is 30.1 Å². The van der Waals surface area contributed by atoms with Gasteiger partial charge in [-0.05, 0) is 80.1 Å². The standard InChI is InChI=1S/C22H25Cl2N3O/c1-13-8-20-17(14(2)11-22(3,4)27(20)5)9-16(13)12-25-26-21(28)15-6-7-18(23)19(24)10-15/h6-10,12,14H,11H2,1-5H3,(H,26,28)/b25-12+. The fourth-order valence-electron chi connectivity index (χ4n) is 3.74. The van der Waals surface area contributed by atoms with Gasteiger partial charge < -0.3 is 4.90 Å². The molecule has 1 aliphatic heterocycles. The number of hydrogen-bond acceptors (Lipinski definition) is 3. The molecule has 0 saturated heterocycles. The molecule has 1 aliphatic rings. The van der Waals surface area contributed by atoms with E-state index in [1.54, 1.807) is 18.3 Å². The van der Waals surface area contributed by atoms with Crippen LogP contribution in [0.4, 0.5) is 5.69 Å². The number of halogens is 2. The highest BCUT2D eigenvalue weighted by molar-refractivity contribution is 6.42. The number of amides is 1. The Morgan fingerprint density at radius 2 is 1.96 bits per heavy atom. The molecule has 2 aromatic carbocycles. The fraction of sp³-hybridized carbons (Fsp3) is 0.364. The third kappa shape index (κ3) is 4.03. The molecule has 0 radical (unpaired) electrons. The van der Waals surface area contributed by atoms with Gasteiger partial charge in [0.1, 0.15) is 0 Å². The van der Waals surface area contributed by atoms with E-state index >= 15 is 0 Å². The molecule has 3 rings (SSSR count). The number of fused-ring (bicyclic) bond motifs is 1. The van der Waals surface area contributed by atoms with Crippen molar-refractivity contribution in [3.05, 3.63) is 62.6 Å². The maximum Gasteiger partial charge on any atom is 0.271 e. The summed E-state index contributed by atoms with van der Waals surface area (Å²) in [5.41, 5.74) is 7.77. The van der Waals surface area contributed by atoms with E-state index in [4.69, 9.17) is 23.2 Å². The van der Waals surface area contributed by atoms with E-state index in [1.165, 1.54) is 17.3 Å². The summed E-state index contributed by atoms with van der Waals surface area (Å²) < 4.78 is 0. The van der Waals surface area contributed by atoms with E-state index in [1.807, 2.05) is 0 Å². The van der Waals surface area contributed by atoms with Crippen molar-refractivity contribution in [1.82, 2.24) is 5.43 Å². The molecule has 0 fully saturated rings. The number of nitrogens with zero attached hydrogens (tertiary/aromatic N) is 2. The molecule has 0 spiro atoms. The second-order valence-electron chi connectivity index (χ2n) is 8.07. The smallest absolute Gasteiger partial charge is 0.271 e. The van der Waals surface area contributed by atoms with Gasteiger partial charge in [0, 0.05) is 23.8 Å². The maximum absolute atomic E-state index is 12.2. The summed E-state index contributed by atoms with van der Waals surface area (Å²) in [5, 5.41) is 4.89. The minimum atomic E-state index is -0.333. The quantitative estimate of drug-likeness (QED) is 0.507. The Morgan fingerprint density at radius 1 is 1.25 bits per heavy atom. The van der Waals surface area contributed by atoms with Crippen LogP contribution in [-0.2, 0) is 0 Å². The van der Waals surface area contributed by atoms with Gasteiger partial charge in [-0.15, -0.1) is 0 Å². The number of nitrogens with one attached hydrogen (secondary N) is 1. The van der Waals surface area contributed by atoms with Crippen molar-refractivity contribution in [3.63, 3.8) is 0 Å². The molecule has 4 nitrogen and oxygen atoms in total. The van der Waals surface area contributed by atoms with E-state index < -0.39 is 0 Å². The van der Waals surface area contributed by atoms with Crippen LogP contribution in [0.15, 0.2) is 35.4 Å². The normalized spacial score (nSPS) is 18.2. The first-order valence-corrected chi connectivity index (χ1v) is 10.0. The molecule has 1 unspecified atom stereocenters. The summed E-state index contributed by atoms with van der Waals surface area (Å²) in [7, 11) is 2.15. The summed E-state index contributed by atoms with van der Waals surface area (Å²) in [5.74, 6) is 0.125. The first-order valence-electron chi connectivity index (χ1n) is 9.27. The molecule has 148 valence electrons. The number of aryl methyl sites for hydroxylation is 1. The number of hydrogen-bond donors (Lipinski definition) is 1. The minimum Gasteiger partial charge on any atom is -0.369 e. The van der Waals surface area contributed by atoms with Crippen LogP contribution in [-0.4, -0.2) is 24.7 Å². The Kier molecular flexibility index (Phi) is 5.74. The lowest BCUT2D eigenvalue weighted by atomic mass is 9.79. The van der Waals surface area contributed by atoms with E-state index in [0.717, 1.165) is 17.5 Å². The Balaban J connectivity index is 1.80. The average molecular weight is 418 g/mol. The van der Waals surface area contributed by atoms with Gasteiger partial charge in [0.05, 0.1) is 16.3 Å². The van der Waals surface area contributed by atoms with Gasteiger partial charge in [-0.25, -0.2) is 5.43 Å². The third-order valence-electron chi connectivity index (χ3n) is 5.57. The first kappa shape index (κ1) is 20.7.